The molecular weight excluding hydrogens is 256 g/mol. The third-order valence-electron chi connectivity index (χ3n) is 3.49. The van der Waals surface area contributed by atoms with Crippen LogP contribution in [0.5, 0.6) is 0 Å². The zero-order valence-electron chi connectivity index (χ0n) is 12.8. The highest BCUT2D eigenvalue weighted by Gasteiger charge is 2.16. The highest BCUT2D eigenvalue weighted by atomic mass is 35.5. The highest BCUT2D eigenvalue weighted by molar-refractivity contribution is 6.33. The molecule has 0 aliphatic heterocycles. The van der Waals surface area contributed by atoms with Crippen LogP contribution in [0.1, 0.15) is 46.1 Å². The molecule has 0 aliphatic rings. The second-order valence-corrected chi connectivity index (χ2v) is 5.94. The van der Waals surface area contributed by atoms with Crippen molar-refractivity contribution in [2.24, 2.45) is 0 Å². The molecule has 3 heteroatoms. The third kappa shape index (κ3) is 4.70. The molecule has 0 saturated heterocycles. The maximum atomic E-state index is 6.41. The molecule has 2 nitrogen and oxygen atoms in total. The predicted molar refractivity (Wildman–Crippen MR) is 86.2 cm³/mol. The first-order valence-electron chi connectivity index (χ1n) is 7.21. The van der Waals surface area contributed by atoms with Gasteiger partial charge in [-0.1, -0.05) is 50.9 Å². The summed E-state index contributed by atoms with van der Waals surface area (Å²) in [6.45, 7) is 9.66. The molecule has 0 spiro atoms. The summed E-state index contributed by atoms with van der Waals surface area (Å²) in [6.07, 6.45) is 2.37. The molecule has 0 heterocycles. The van der Waals surface area contributed by atoms with Gasteiger partial charge in [-0.25, -0.2) is 0 Å². The van der Waals surface area contributed by atoms with E-state index >= 15 is 0 Å². The van der Waals surface area contributed by atoms with Gasteiger partial charge in [0.05, 0.1) is 10.7 Å². The van der Waals surface area contributed by atoms with Gasteiger partial charge in [-0.3, -0.25) is 0 Å². The Morgan fingerprint density at radius 2 is 1.95 bits per heavy atom. The Hall–Kier alpha value is -0.730. The minimum atomic E-state index is 0.477. The normalized spacial score (nSPS) is 12.8. The van der Waals surface area contributed by atoms with Gasteiger partial charge in [-0.05, 0) is 25.0 Å². The number of halogens is 1. The molecular formula is C16H27ClN2. The second-order valence-electron chi connectivity index (χ2n) is 5.53. The standard InChI is InChI=1S/C16H27ClN2/c1-6-8-13(4)19(5)16-14(11-18-12(2)3)9-7-10-15(16)17/h7,9-10,12-13,18H,6,8,11H2,1-5H3. The molecule has 0 fully saturated rings. The minimum absolute atomic E-state index is 0.477. The van der Waals surface area contributed by atoms with Crippen molar-refractivity contribution in [3.05, 3.63) is 28.8 Å². The van der Waals surface area contributed by atoms with Gasteiger partial charge in [0.2, 0.25) is 0 Å². The SMILES string of the molecule is CCCC(C)N(C)c1c(Cl)cccc1CNC(C)C. The monoisotopic (exact) mass is 282 g/mol. The lowest BCUT2D eigenvalue weighted by Gasteiger charge is -2.30. The van der Waals surface area contributed by atoms with E-state index in [0.29, 0.717) is 12.1 Å². The summed E-state index contributed by atoms with van der Waals surface area (Å²) >= 11 is 6.41. The van der Waals surface area contributed by atoms with E-state index in [1.165, 1.54) is 24.1 Å². The molecule has 108 valence electrons. The van der Waals surface area contributed by atoms with Gasteiger partial charge in [0.15, 0.2) is 0 Å². The summed E-state index contributed by atoms with van der Waals surface area (Å²) in [5.41, 5.74) is 2.44. The first kappa shape index (κ1) is 16.3. The Labute approximate surface area is 123 Å². The Balaban J connectivity index is 2.96. The number of nitrogens with zero attached hydrogens (tertiary/aromatic N) is 1. The van der Waals surface area contributed by atoms with Crippen LogP contribution < -0.4 is 10.2 Å². The van der Waals surface area contributed by atoms with E-state index in [9.17, 15) is 0 Å². The molecule has 1 aromatic rings. The molecule has 1 unspecified atom stereocenters. The largest absolute Gasteiger partial charge is 0.370 e. The van der Waals surface area contributed by atoms with Gasteiger partial charge < -0.3 is 10.2 Å². The van der Waals surface area contributed by atoms with Crippen LogP contribution in [0.15, 0.2) is 18.2 Å². The van der Waals surface area contributed by atoms with Gasteiger partial charge in [-0.2, -0.15) is 0 Å². The van der Waals surface area contributed by atoms with E-state index in [2.05, 4.69) is 51.0 Å². The van der Waals surface area contributed by atoms with Crippen LogP contribution in [0.25, 0.3) is 0 Å². The fourth-order valence-electron chi connectivity index (χ4n) is 2.24. The summed E-state index contributed by atoms with van der Waals surface area (Å²) in [6, 6.07) is 7.14. The molecule has 1 rings (SSSR count). The molecule has 0 radical (unpaired) electrons. The predicted octanol–water partition coefficient (Wildman–Crippen LogP) is 4.46. The summed E-state index contributed by atoms with van der Waals surface area (Å²) in [4.78, 5) is 2.31. The van der Waals surface area contributed by atoms with E-state index in [4.69, 9.17) is 11.6 Å². The fraction of sp³-hybridized carbons (Fsp3) is 0.625. The Morgan fingerprint density at radius 1 is 1.26 bits per heavy atom. The summed E-state index contributed by atoms with van der Waals surface area (Å²) < 4.78 is 0. The van der Waals surface area contributed by atoms with Crippen molar-refractivity contribution >= 4 is 17.3 Å². The minimum Gasteiger partial charge on any atom is -0.370 e. The first-order valence-corrected chi connectivity index (χ1v) is 7.58. The van der Waals surface area contributed by atoms with Crippen LogP contribution in [0.3, 0.4) is 0 Å². The van der Waals surface area contributed by atoms with Crippen molar-refractivity contribution in [2.45, 2.75) is 59.2 Å². The zero-order chi connectivity index (χ0) is 14.4. The van der Waals surface area contributed by atoms with Crippen LogP contribution in [-0.4, -0.2) is 19.1 Å². The van der Waals surface area contributed by atoms with Gasteiger partial charge in [0.25, 0.3) is 0 Å². The number of anilines is 1. The number of para-hydroxylation sites is 1. The van der Waals surface area contributed by atoms with Crippen LogP contribution >= 0.6 is 11.6 Å². The van der Waals surface area contributed by atoms with Gasteiger partial charge >= 0.3 is 0 Å². The number of benzene rings is 1. The lowest BCUT2D eigenvalue weighted by molar-refractivity contribution is 0.581. The van der Waals surface area contributed by atoms with Crippen LogP contribution in [0, 0.1) is 0 Å². The number of hydrogen-bond donors (Lipinski definition) is 1. The van der Waals surface area contributed by atoms with E-state index in [0.717, 1.165) is 11.6 Å². The van der Waals surface area contributed by atoms with Crippen molar-refractivity contribution in [3.63, 3.8) is 0 Å². The molecule has 0 aliphatic carbocycles. The van der Waals surface area contributed by atoms with E-state index < -0.39 is 0 Å². The van der Waals surface area contributed by atoms with Crippen LogP contribution in [0.4, 0.5) is 5.69 Å². The lowest BCUT2D eigenvalue weighted by atomic mass is 10.1. The summed E-state index contributed by atoms with van der Waals surface area (Å²) in [5, 5.41) is 4.31. The van der Waals surface area contributed by atoms with Crippen molar-refractivity contribution in [1.82, 2.24) is 5.32 Å². The molecule has 0 bridgehead atoms. The van der Waals surface area contributed by atoms with Gasteiger partial charge in [-0.15, -0.1) is 0 Å². The first-order chi connectivity index (χ1) is 8.97. The highest BCUT2D eigenvalue weighted by Crippen LogP contribution is 2.31. The fourth-order valence-corrected chi connectivity index (χ4v) is 2.57. The topological polar surface area (TPSA) is 15.3 Å². The number of hydrogen-bond acceptors (Lipinski definition) is 2. The van der Waals surface area contributed by atoms with Crippen molar-refractivity contribution in [1.29, 1.82) is 0 Å². The summed E-state index contributed by atoms with van der Waals surface area (Å²) in [7, 11) is 2.14. The number of nitrogens with one attached hydrogen (secondary N) is 1. The van der Waals surface area contributed by atoms with Gasteiger partial charge in [0, 0.05) is 25.7 Å². The molecule has 1 aromatic carbocycles. The van der Waals surface area contributed by atoms with Crippen molar-refractivity contribution in [2.75, 3.05) is 11.9 Å². The van der Waals surface area contributed by atoms with E-state index in [-0.39, 0.29) is 0 Å². The lowest BCUT2D eigenvalue weighted by Crippen LogP contribution is -2.31. The summed E-state index contributed by atoms with van der Waals surface area (Å²) in [5.74, 6) is 0. The Morgan fingerprint density at radius 3 is 2.53 bits per heavy atom. The average molecular weight is 283 g/mol. The maximum Gasteiger partial charge on any atom is 0.0642 e. The molecule has 19 heavy (non-hydrogen) atoms. The molecule has 1 atom stereocenters. The Kier molecular flexibility index (Phi) is 6.67. The molecule has 0 aromatic heterocycles. The molecule has 0 saturated carbocycles. The van der Waals surface area contributed by atoms with E-state index in [1.54, 1.807) is 0 Å². The van der Waals surface area contributed by atoms with Gasteiger partial charge in [0.1, 0.15) is 0 Å². The third-order valence-corrected chi connectivity index (χ3v) is 3.80. The van der Waals surface area contributed by atoms with E-state index in [1.807, 2.05) is 12.1 Å². The average Bonchev–Trinajstić information content (AvgIpc) is 2.35. The zero-order valence-corrected chi connectivity index (χ0v) is 13.6. The van der Waals surface area contributed by atoms with Crippen LogP contribution in [0.2, 0.25) is 5.02 Å². The van der Waals surface area contributed by atoms with Crippen molar-refractivity contribution < 1.29 is 0 Å². The second kappa shape index (κ2) is 7.76. The quantitative estimate of drug-likeness (QED) is 0.794. The Bertz CT molecular complexity index is 390. The number of rotatable bonds is 7. The van der Waals surface area contributed by atoms with Crippen molar-refractivity contribution in [3.8, 4) is 0 Å². The molecule has 0 amide bonds. The van der Waals surface area contributed by atoms with Crippen LogP contribution in [-0.2, 0) is 6.54 Å². The smallest absolute Gasteiger partial charge is 0.0642 e. The maximum absolute atomic E-state index is 6.41. The molecule has 1 N–H and O–H groups in total.